The van der Waals surface area contributed by atoms with E-state index in [1.54, 1.807) is 0 Å². The number of hydrogen-bond acceptors (Lipinski definition) is 4. The molecule has 0 amide bonds. The molecule has 0 saturated heterocycles. The molecule has 0 aliphatic heterocycles. The Morgan fingerprint density at radius 2 is 2.06 bits per heavy atom. The summed E-state index contributed by atoms with van der Waals surface area (Å²) in [5.41, 5.74) is 1.03. The van der Waals surface area contributed by atoms with Crippen LogP contribution in [0, 0.1) is 12.8 Å². The van der Waals surface area contributed by atoms with Gasteiger partial charge in [0, 0.05) is 18.3 Å². The molecular formula is C13H23N3O. The van der Waals surface area contributed by atoms with Crippen molar-refractivity contribution < 1.29 is 5.11 Å². The van der Waals surface area contributed by atoms with Crippen molar-refractivity contribution in [2.24, 2.45) is 5.92 Å². The summed E-state index contributed by atoms with van der Waals surface area (Å²) in [4.78, 5) is 8.62. The van der Waals surface area contributed by atoms with Gasteiger partial charge in [-0.25, -0.2) is 9.97 Å². The first-order valence-electron chi connectivity index (χ1n) is 6.33. The average molecular weight is 237 g/mol. The second-order valence-corrected chi connectivity index (χ2v) is 4.48. The maximum atomic E-state index is 9.87. The Balaban J connectivity index is 2.59. The molecular weight excluding hydrogens is 214 g/mol. The molecule has 0 aliphatic carbocycles. The molecule has 96 valence electrons. The van der Waals surface area contributed by atoms with Gasteiger partial charge in [0.2, 0.25) is 0 Å². The summed E-state index contributed by atoms with van der Waals surface area (Å²) in [5, 5.41) is 13.0. The van der Waals surface area contributed by atoms with E-state index in [-0.39, 0.29) is 6.10 Å². The van der Waals surface area contributed by atoms with Crippen LogP contribution in [-0.4, -0.2) is 27.7 Å². The van der Waals surface area contributed by atoms with Crippen LogP contribution in [0.5, 0.6) is 0 Å². The number of aromatic nitrogens is 2. The largest absolute Gasteiger partial charge is 0.391 e. The van der Waals surface area contributed by atoms with Crippen molar-refractivity contribution in [3.63, 3.8) is 0 Å². The van der Waals surface area contributed by atoms with E-state index in [0.717, 1.165) is 30.2 Å². The minimum absolute atomic E-state index is 0.302. The fourth-order valence-electron chi connectivity index (χ4n) is 1.58. The summed E-state index contributed by atoms with van der Waals surface area (Å²) in [6.45, 7) is 8.62. The smallest absolute Gasteiger partial charge is 0.130 e. The monoisotopic (exact) mass is 237 g/mol. The molecule has 1 rings (SSSR count). The minimum Gasteiger partial charge on any atom is -0.391 e. The lowest BCUT2D eigenvalue weighted by molar-refractivity contribution is 0.126. The summed E-state index contributed by atoms with van der Waals surface area (Å²) in [5.74, 6) is 1.87. The van der Waals surface area contributed by atoms with Crippen molar-refractivity contribution in [1.29, 1.82) is 0 Å². The number of nitrogens with zero attached hydrogens (tertiary/aromatic N) is 2. The van der Waals surface area contributed by atoms with Gasteiger partial charge in [0.25, 0.3) is 0 Å². The van der Waals surface area contributed by atoms with Crippen LogP contribution in [0.3, 0.4) is 0 Å². The third kappa shape index (κ3) is 4.30. The Morgan fingerprint density at radius 1 is 1.35 bits per heavy atom. The van der Waals surface area contributed by atoms with Gasteiger partial charge in [-0.2, -0.15) is 0 Å². The summed E-state index contributed by atoms with van der Waals surface area (Å²) in [6.07, 6.45) is 1.54. The normalized spacial score (nSPS) is 14.4. The second-order valence-electron chi connectivity index (χ2n) is 4.48. The molecule has 1 heterocycles. The van der Waals surface area contributed by atoms with Gasteiger partial charge in [-0.05, 0) is 19.3 Å². The van der Waals surface area contributed by atoms with E-state index in [9.17, 15) is 5.11 Å². The second kappa shape index (κ2) is 6.55. The molecule has 4 nitrogen and oxygen atoms in total. The molecule has 1 aromatic rings. The first-order valence-corrected chi connectivity index (χ1v) is 6.33. The van der Waals surface area contributed by atoms with Crippen LogP contribution in [0.15, 0.2) is 6.07 Å². The molecule has 0 fully saturated rings. The van der Waals surface area contributed by atoms with Crippen LogP contribution in [0.2, 0.25) is 0 Å². The minimum atomic E-state index is -0.333. The Morgan fingerprint density at radius 3 is 2.65 bits per heavy atom. The number of nitrogens with one attached hydrogen (secondary N) is 1. The van der Waals surface area contributed by atoms with Crippen molar-refractivity contribution in [3.8, 4) is 0 Å². The summed E-state index contributed by atoms with van der Waals surface area (Å²) < 4.78 is 0. The number of hydrogen-bond donors (Lipinski definition) is 2. The van der Waals surface area contributed by atoms with E-state index >= 15 is 0 Å². The fourth-order valence-corrected chi connectivity index (χ4v) is 1.58. The zero-order valence-electron chi connectivity index (χ0n) is 11.2. The number of rotatable bonds is 6. The summed E-state index contributed by atoms with van der Waals surface area (Å²) in [7, 11) is 0. The van der Waals surface area contributed by atoms with Crippen LogP contribution in [0.25, 0.3) is 0 Å². The third-order valence-corrected chi connectivity index (χ3v) is 3.05. The molecule has 0 aromatic carbocycles. The van der Waals surface area contributed by atoms with Gasteiger partial charge >= 0.3 is 0 Å². The van der Waals surface area contributed by atoms with Crippen molar-refractivity contribution >= 4 is 5.82 Å². The first-order chi connectivity index (χ1) is 8.06. The first kappa shape index (κ1) is 13.9. The van der Waals surface area contributed by atoms with Crippen LogP contribution < -0.4 is 5.32 Å². The Bertz CT molecular complexity index is 355. The number of aliphatic hydroxyl groups is 1. The third-order valence-electron chi connectivity index (χ3n) is 3.05. The number of anilines is 1. The SMILES string of the molecule is CCc1cc(NCC(O)C(C)CC)nc(C)n1. The Labute approximate surface area is 103 Å². The van der Waals surface area contributed by atoms with Gasteiger partial charge in [-0.1, -0.05) is 27.2 Å². The summed E-state index contributed by atoms with van der Waals surface area (Å²) >= 11 is 0. The maximum Gasteiger partial charge on any atom is 0.130 e. The highest BCUT2D eigenvalue weighted by atomic mass is 16.3. The molecule has 0 spiro atoms. The molecule has 17 heavy (non-hydrogen) atoms. The average Bonchev–Trinajstić information content (AvgIpc) is 2.34. The lowest BCUT2D eigenvalue weighted by Gasteiger charge is -2.18. The lowest BCUT2D eigenvalue weighted by atomic mass is 10.0. The van der Waals surface area contributed by atoms with E-state index in [4.69, 9.17) is 0 Å². The van der Waals surface area contributed by atoms with Crippen molar-refractivity contribution in [3.05, 3.63) is 17.6 Å². The van der Waals surface area contributed by atoms with E-state index in [1.807, 2.05) is 13.0 Å². The zero-order valence-corrected chi connectivity index (χ0v) is 11.2. The molecule has 0 saturated carbocycles. The fraction of sp³-hybridized carbons (Fsp3) is 0.692. The standard InChI is InChI=1S/C13H23N3O/c1-5-9(3)12(17)8-14-13-7-11(6-2)15-10(4)16-13/h7,9,12,17H,5-6,8H2,1-4H3,(H,14,15,16). The highest BCUT2D eigenvalue weighted by Gasteiger charge is 2.12. The zero-order chi connectivity index (χ0) is 12.8. The Hall–Kier alpha value is -1.16. The molecule has 0 bridgehead atoms. The predicted octanol–water partition coefficient (Wildman–Crippen LogP) is 2.17. The number of aliphatic hydroxyl groups excluding tert-OH is 1. The highest BCUT2D eigenvalue weighted by molar-refractivity contribution is 5.36. The van der Waals surface area contributed by atoms with Crippen LogP contribution in [0.1, 0.15) is 38.7 Å². The van der Waals surface area contributed by atoms with E-state index in [2.05, 4.69) is 36.1 Å². The molecule has 4 heteroatoms. The van der Waals surface area contributed by atoms with Gasteiger partial charge in [0.15, 0.2) is 0 Å². The lowest BCUT2D eigenvalue weighted by Crippen LogP contribution is -2.26. The van der Waals surface area contributed by atoms with Crippen LogP contribution in [-0.2, 0) is 6.42 Å². The molecule has 2 N–H and O–H groups in total. The van der Waals surface area contributed by atoms with Gasteiger partial charge in [0.05, 0.1) is 6.10 Å². The predicted molar refractivity (Wildman–Crippen MR) is 70.1 cm³/mol. The van der Waals surface area contributed by atoms with Crippen molar-refractivity contribution in [2.45, 2.75) is 46.6 Å². The summed E-state index contributed by atoms with van der Waals surface area (Å²) in [6, 6.07) is 1.94. The van der Waals surface area contributed by atoms with Gasteiger partial charge in [-0.15, -0.1) is 0 Å². The van der Waals surface area contributed by atoms with Crippen LogP contribution >= 0.6 is 0 Å². The van der Waals surface area contributed by atoms with Crippen molar-refractivity contribution in [2.75, 3.05) is 11.9 Å². The molecule has 0 aliphatic rings. The van der Waals surface area contributed by atoms with E-state index < -0.39 is 0 Å². The van der Waals surface area contributed by atoms with Gasteiger partial charge in [0.1, 0.15) is 11.6 Å². The quantitative estimate of drug-likeness (QED) is 0.796. The topological polar surface area (TPSA) is 58.0 Å². The molecule has 0 radical (unpaired) electrons. The molecule has 2 unspecified atom stereocenters. The maximum absolute atomic E-state index is 9.87. The Kier molecular flexibility index (Phi) is 5.35. The van der Waals surface area contributed by atoms with E-state index in [0.29, 0.717) is 12.5 Å². The number of aryl methyl sites for hydroxylation is 2. The van der Waals surface area contributed by atoms with Crippen molar-refractivity contribution in [1.82, 2.24) is 9.97 Å². The molecule has 1 aromatic heterocycles. The van der Waals surface area contributed by atoms with E-state index in [1.165, 1.54) is 0 Å². The molecule has 2 atom stereocenters. The van der Waals surface area contributed by atoms with Crippen LogP contribution in [0.4, 0.5) is 5.82 Å². The van der Waals surface area contributed by atoms with Gasteiger partial charge < -0.3 is 10.4 Å². The van der Waals surface area contributed by atoms with Gasteiger partial charge in [-0.3, -0.25) is 0 Å². The highest BCUT2D eigenvalue weighted by Crippen LogP contribution is 2.10.